The first-order valence-electron chi connectivity index (χ1n) is 9.70. The number of rotatable bonds is 10. The maximum atomic E-state index is 12.2. The summed E-state index contributed by atoms with van der Waals surface area (Å²) in [4.78, 5) is 12.2. The van der Waals surface area contributed by atoms with Gasteiger partial charge in [0.15, 0.2) is 6.61 Å². The second-order valence-corrected chi connectivity index (χ2v) is 7.33. The molecule has 0 aliphatic rings. The van der Waals surface area contributed by atoms with E-state index >= 15 is 0 Å². The molecular formula is C23H31NO3. The quantitative estimate of drug-likeness (QED) is 0.557. The van der Waals surface area contributed by atoms with E-state index in [1.807, 2.05) is 36.4 Å². The number of benzene rings is 2. The van der Waals surface area contributed by atoms with Crippen molar-refractivity contribution in [3.8, 4) is 11.5 Å². The Balaban J connectivity index is 1.85. The van der Waals surface area contributed by atoms with Crippen molar-refractivity contribution in [2.75, 3.05) is 18.5 Å². The lowest BCUT2D eigenvalue weighted by Gasteiger charge is -2.23. The van der Waals surface area contributed by atoms with Crippen LogP contribution in [0.5, 0.6) is 11.5 Å². The Kier molecular flexibility index (Phi) is 7.71. The predicted molar refractivity (Wildman–Crippen MR) is 111 cm³/mol. The first-order valence-corrected chi connectivity index (χ1v) is 9.70. The number of unbranched alkanes of at least 4 members (excludes halogenated alkanes) is 1. The highest BCUT2D eigenvalue weighted by Gasteiger charge is 2.17. The van der Waals surface area contributed by atoms with Crippen LogP contribution in [0.4, 0.5) is 5.69 Å². The molecule has 27 heavy (non-hydrogen) atoms. The van der Waals surface area contributed by atoms with Gasteiger partial charge in [-0.05, 0) is 48.1 Å². The van der Waals surface area contributed by atoms with E-state index < -0.39 is 0 Å². The van der Waals surface area contributed by atoms with Gasteiger partial charge in [0, 0.05) is 11.8 Å². The SMILES string of the molecule is CCCCOc1cccc(NC(=O)COc2ccc(C(C)(C)CC)cc2)c1. The molecule has 2 aromatic carbocycles. The summed E-state index contributed by atoms with van der Waals surface area (Å²) in [6.45, 7) is 9.39. The fourth-order valence-corrected chi connectivity index (χ4v) is 2.55. The smallest absolute Gasteiger partial charge is 0.262 e. The van der Waals surface area contributed by atoms with Gasteiger partial charge in [0.05, 0.1) is 6.61 Å². The Bertz CT molecular complexity index is 723. The fourth-order valence-electron chi connectivity index (χ4n) is 2.55. The lowest BCUT2D eigenvalue weighted by Crippen LogP contribution is -2.20. The van der Waals surface area contributed by atoms with Crippen molar-refractivity contribution in [2.45, 2.75) is 52.4 Å². The average Bonchev–Trinajstić information content (AvgIpc) is 2.67. The summed E-state index contributed by atoms with van der Waals surface area (Å²) in [7, 11) is 0. The molecule has 2 aromatic rings. The number of amides is 1. The molecule has 4 nitrogen and oxygen atoms in total. The van der Waals surface area contributed by atoms with E-state index in [0.29, 0.717) is 18.0 Å². The molecule has 0 heterocycles. The van der Waals surface area contributed by atoms with Gasteiger partial charge in [-0.2, -0.15) is 0 Å². The van der Waals surface area contributed by atoms with Crippen molar-refractivity contribution in [1.82, 2.24) is 0 Å². The van der Waals surface area contributed by atoms with Crippen molar-refractivity contribution in [3.05, 3.63) is 54.1 Å². The van der Waals surface area contributed by atoms with Gasteiger partial charge in [0.1, 0.15) is 11.5 Å². The van der Waals surface area contributed by atoms with Crippen molar-refractivity contribution in [2.24, 2.45) is 0 Å². The van der Waals surface area contributed by atoms with E-state index in [2.05, 4.69) is 45.1 Å². The van der Waals surface area contributed by atoms with E-state index in [9.17, 15) is 4.79 Å². The number of ether oxygens (including phenoxy) is 2. The third kappa shape index (κ3) is 6.63. The molecule has 0 unspecified atom stereocenters. The van der Waals surface area contributed by atoms with Crippen LogP contribution in [0.3, 0.4) is 0 Å². The fraction of sp³-hybridized carbons (Fsp3) is 0.435. The van der Waals surface area contributed by atoms with Crippen LogP contribution in [0.25, 0.3) is 0 Å². The van der Waals surface area contributed by atoms with Gasteiger partial charge in [-0.1, -0.05) is 52.3 Å². The summed E-state index contributed by atoms with van der Waals surface area (Å²) in [5.41, 5.74) is 2.11. The number of carbonyl (C=O) groups excluding carboxylic acids is 1. The van der Waals surface area contributed by atoms with Crippen molar-refractivity contribution in [3.63, 3.8) is 0 Å². The number of nitrogens with one attached hydrogen (secondary N) is 1. The Labute approximate surface area is 162 Å². The summed E-state index contributed by atoms with van der Waals surface area (Å²) in [6.07, 6.45) is 3.17. The van der Waals surface area contributed by atoms with Crippen LogP contribution in [0.2, 0.25) is 0 Å². The Morgan fingerprint density at radius 3 is 2.41 bits per heavy atom. The number of anilines is 1. The molecule has 0 fully saturated rings. The highest BCUT2D eigenvalue weighted by molar-refractivity contribution is 5.92. The van der Waals surface area contributed by atoms with E-state index in [4.69, 9.17) is 9.47 Å². The first-order chi connectivity index (χ1) is 12.9. The van der Waals surface area contributed by atoms with Crippen LogP contribution in [-0.2, 0) is 10.2 Å². The van der Waals surface area contributed by atoms with Crippen molar-refractivity contribution >= 4 is 11.6 Å². The number of hydrogen-bond donors (Lipinski definition) is 1. The van der Waals surface area contributed by atoms with Gasteiger partial charge in [0.2, 0.25) is 0 Å². The van der Waals surface area contributed by atoms with E-state index in [1.165, 1.54) is 5.56 Å². The van der Waals surface area contributed by atoms with E-state index in [0.717, 1.165) is 25.0 Å². The molecule has 0 aliphatic carbocycles. The normalized spacial score (nSPS) is 11.1. The maximum absolute atomic E-state index is 12.2. The van der Waals surface area contributed by atoms with Crippen LogP contribution in [0.1, 0.15) is 52.5 Å². The molecule has 0 bridgehead atoms. The van der Waals surface area contributed by atoms with E-state index in [-0.39, 0.29) is 17.9 Å². The number of carbonyl (C=O) groups is 1. The molecule has 0 saturated carbocycles. The summed E-state index contributed by atoms with van der Waals surface area (Å²) in [5.74, 6) is 1.26. The zero-order valence-corrected chi connectivity index (χ0v) is 16.9. The summed E-state index contributed by atoms with van der Waals surface area (Å²) >= 11 is 0. The third-order valence-electron chi connectivity index (χ3n) is 4.77. The highest BCUT2D eigenvalue weighted by atomic mass is 16.5. The molecule has 0 aromatic heterocycles. The average molecular weight is 370 g/mol. The number of hydrogen-bond acceptors (Lipinski definition) is 3. The molecule has 0 radical (unpaired) electrons. The van der Waals surface area contributed by atoms with Gasteiger partial charge in [-0.15, -0.1) is 0 Å². The molecule has 2 rings (SSSR count). The zero-order valence-electron chi connectivity index (χ0n) is 16.9. The van der Waals surface area contributed by atoms with Crippen molar-refractivity contribution < 1.29 is 14.3 Å². The Morgan fingerprint density at radius 1 is 1.00 bits per heavy atom. The Morgan fingerprint density at radius 2 is 1.74 bits per heavy atom. The van der Waals surface area contributed by atoms with Crippen LogP contribution < -0.4 is 14.8 Å². The second kappa shape index (κ2) is 10.0. The molecule has 0 saturated heterocycles. The monoisotopic (exact) mass is 369 g/mol. The van der Waals surface area contributed by atoms with Gasteiger partial charge in [0.25, 0.3) is 5.91 Å². The minimum absolute atomic E-state index is 0.0303. The van der Waals surface area contributed by atoms with Gasteiger partial charge in [-0.3, -0.25) is 4.79 Å². The van der Waals surface area contributed by atoms with Crippen molar-refractivity contribution in [1.29, 1.82) is 0 Å². The molecule has 1 amide bonds. The predicted octanol–water partition coefficient (Wildman–Crippen LogP) is 5.57. The van der Waals surface area contributed by atoms with Crippen LogP contribution in [-0.4, -0.2) is 19.1 Å². The van der Waals surface area contributed by atoms with Gasteiger partial charge < -0.3 is 14.8 Å². The summed E-state index contributed by atoms with van der Waals surface area (Å²) < 4.78 is 11.3. The third-order valence-corrected chi connectivity index (χ3v) is 4.77. The molecular weight excluding hydrogens is 338 g/mol. The topological polar surface area (TPSA) is 47.6 Å². The Hall–Kier alpha value is -2.49. The van der Waals surface area contributed by atoms with Gasteiger partial charge in [-0.25, -0.2) is 0 Å². The lowest BCUT2D eigenvalue weighted by atomic mass is 9.82. The summed E-state index contributed by atoms with van der Waals surface area (Å²) in [5, 5.41) is 2.84. The molecule has 0 aliphatic heterocycles. The molecule has 146 valence electrons. The minimum atomic E-state index is -0.196. The molecule has 4 heteroatoms. The van der Waals surface area contributed by atoms with Crippen LogP contribution in [0, 0.1) is 0 Å². The lowest BCUT2D eigenvalue weighted by molar-refractivity contribution is -0.118. The van der Waals surface area contributed by atoms with Crippen LogP contribution >= 0.6 is 0 Å². The zero-order chi connectivity index (χ0) is 19.7. The van der Waals surface area contributed by atoms with Gasteiger partial charge >= 0.3 is 0 Å². The highest BCUT2D eigenvalue weighted by Crippen LogP contribution is 2.28. The second-order valence-electron chi connectivity index (χ2n) is 7.33. The first kappa shape index (κ1) is 20.8. The maximum Gasteiger partial charge on any atom is 0.262 e. The van der Waals surface area contributed by atoms with E-state index in [1.54, 1.807) is 0 Å². The molecule has 0 atom stereocenters. The van der Waals surface area contributed by atoms with Crippen LogP contribution in [0.15, 0.2) is 48.5 Å². The largest absolute Gasteiger partial charge is 0.494 e. The molecule has 1 N–H and O–H groups in total. The molecule has 0 spiro atoms. The standard InChI is InChI=1S/C23H31NO3/c1-5-7-15-26-21-10-8-9-19(16-21)24-22(25)17-27-20-13-11-18(12-14-20)23(3,4)6-2/h8-14,16H,5-7,15,17H2,1-4H3,(H,24,25). The minimum Gasteiger partial charge on any atom is -0.494 e. The summed E-state index contributed by atoms with van der Waals surface area (Å²) in [6, 6.07) is 15.4.